The third-order valence-corrected chi connectivity index (χ3v) is 8.32. The Morgan fingerprint density at radius 3 is 2.12 bits per heavy atom. The molecule has 3 rings (SSSR count). The maximum absolute atomic E-state index is 13.9. The van der Waals surface area contributed by atoms with Gasteiger partial charge in [-0.2, -0.15) is 4.31 Å². The maximum atomic E-state index is 13.9. The van der Waals surface area contributed by atoms with Crippen LogP contribution in [0.3, 0.4) is 0 Å². The first-order chi connectivity index (χ1) is 16.2. The number of sulfonamides is 1. The van der Waals surface area contributed by atoms with Crippen LogP contribution in [0, 0.1) is 20.8 Å². The Bertz CT molecular complexity index is 1200. The highest BCUT2D eigenvalue weighted by Crippen LogP contribution is 2.32. The predicted octanol–water partition coefficient (Wildman–Crippen LogP) is 6.19. The van der Waals surface area contributed by atoms with Crippen molar-refractivity contribution in [3.8, 4) is 11.5 Å². The normalized spacial score (nSPS) is 12.6. The molecule has 6 heteroatoms. The second-order valence-electron chi connectivity index (χ2n) is 8.79. The number of benzene rings is 3. The zero-order chi connectivity index (χ0) is 24.9. The largest absolute Gasteiger partial charge is 0.493 e. The molecular formula is C28H35NO4S. The van der Waals surface area contributed by atoms with Gasteiger partial charge in [0.2, 0.25) is 10.0 Å². The number of aryl methyl sites for hydroxylation is 3. The van der Waals surface area contributed by atoms with Gasteiger partial charge in [-0.15, -0.1) is 0 Å². The minimum atomic E-state index is -3.71. The lowest BCUT2D eigenvalue weighted by Gasteiger charge is -2.29. The lowest BCUT2D eigenvalue weighted by Crippen LogP contribution is -2.38. The van der Waals surface area contributed by atoms with E-state index in [9.17, 15) is 8.42 Å². The third-order valence-electron chi connectivity index (χ3n) is 6.06. The second-order valence-corrected chi connectivity index (χ2v) is 10.6. The van der Waals surface area contributed by atoms with Crippen LogP contribution in [0.2, 0.25) is 0 Å². The zero-order valence-electron chi connectivity index (χ0n) is 21.0. The van der Waals surface area contributed by atoms with E-state index in [1.807, 2.05) is 95.3 Å². The van der Waals surface area contributed by atoms with Crippen molar-refractivity contribution in [1.29, 1.82) is 0 Å². The second kappa shape index (κ2) is 11.1. The summed E-state index contributed by atoms with van der Waals surface area (Å²) in [6, 6.07) is 19.2. The van der Waals surface area contributed by atoms with Crippen molar-refractivity contribution in [2.75, 3.05) is 7.11 Å². The molecule has 0 amide bonds. The average Bonchev–Trinajstić information content (AvgIpc) is 2.80. The van der Waals surface area contributed by atoms with E-state index in [2.05, 4.69) is 0 Å². The summed E-state index contributed by atoms with van der Waals surface area (Å²) in [7, 11) is -2.11. The molecule has 0 heterocycles. The van der Waals surface area contributed by atoms with Gasteiger partial charge in [0.05, 0.1) is 12.0 Å². The Hall–Kier alpha value is -2.83. The van der Waals surface area contributed by atoms with Gasteiger partial charge in [0, 0.05) is 12.6 Å². The fourth-order valence-corrected chi connectivity index (χ4v) is 6.33. The SMILES string of the molecule is CCC(C)N(Cc1ccc(OC)c(OCc2ccccc2)c1)S(=O)(=O)c1c(C)cc(C)cc1C. The van der Waals surface area contributed by atoms with Gasteiger partial charge >= 0.3 is 0 Å². The lowest BCUT2D eigenvalue weighted by atomic mass is 10.1. The summed E-state index contributed by atoms with van der Waals surface area (Å²) in [4.78, 5) is 0.396. The van der Waals surface area contributed by atoms with Crippen molar-refractivity contribution >= 4 is 10.0 Å². The molecule has 5 nitrogen and oxygen atoms in total. The summed E-state index contributed by atoms with van der Waals surface area (Å²) in [5, 5.41) is 0. The number of ether oxygens (including phenoxy) is 2. The summed E-state index contributed by atoms with van der Waals surface area (Å²) in [5.41, 5.74) is 4.48. The molecule has 1 atom stereocenters. The van der Waals surface area contributed by atoms with E-state index in [-0.39, 0.29) is 12.6 Å². The molecule has 0 aliphatic rings. The Kier molecular flexibility index (Phi) is 8.39. The van der Waals surface area contributed by atoms with E-state index in [0.717, 1.165) is 27.8 Å². The van der Waals surface area contributed by atoms with Crippen molar-refractivity contribution in [2.45, 2.75) is 65.1 Å². The molecule has 0 aliphatic heterocycles. The first kappa shape index (κ1) is 25.8. The summed E-state index contributed by atoms with van der Waals surface area (Å²) in [6.45, 7) is 10.3. The van der Waals surface area contributed by atoms with Crippen LogP contribution < -0.4 is 9.47 Å². The van der Waals surface area contributed by atoms with Gasteiger partial charge < -0.3 is 9.47 Å². The van der Waals surface area contributed by atoms with Gasteiger partial charge in [-0.25, -0.2) is 8.42 Å². The van der Waals surface area contributed by atoms with Gasteiger partial charge in [-0.1, -0.05) is 61.0 Å². The highest BCUT2D eigenvalue weighted by atomic mass is 32.2. The van der Waals surface area contributed by atoms with Crippen LogP contribution >= 0.6 is 0 Å². The maximum Gasteiger partial charge on any atom is 0.244 e. The summed E-state index contributed by atoms with van der Waals surface area (Å²) < 4.78 is 40.9. The molecule has 0 saturated heterocycles. The topological polar surface area (TPSA) is 55.8 Å². The van der Waals surface area contributed by atoms with E-state index < -0.39 is 10.0 Å². The first-order valence-corrected chi connectivity index (χ1v) is 13.0. The lowest BCUT2D eigenvalue weighted by molar-refractivity contribution is 0.282. The van der Waals surface area contributed by atoms with Gasteiger partial charge in [0.1, 0.15) is 6.61 Å². The number of nitrogens with zero attached hydrogens (tertiary/aromatic N) is 1. The Morgan fingerprint density at radius 1 is 0.882 bits per heavy atom. The number of methoxy groups -OCH3 is 1. The Labute approximate surface area is 204 Å². The van der Waals surface area contributed by atoms with Gasteiger partial charge in [-0.05, 0) is 68.5 Å². The number of rotatable bonds is 10. The van der Waals surface area contributed by atoms with Crippen molar-refractivity contribution in [1.82, 2.24) is 4.31 Å². The highest BCUT2D eigenvalue weighted by molar-refractivity contribution is 7.89. The summed E-state index contributed by atoms with van der Waals surface area (Å²) >= 11 is 0. The van der Waals surface area contributed by atoms with Gasteiger partial charge in [0.15, 0.2) is 11.5 Å². The van der Waals surface area contributed by atoms with E-state index >= 15 is 0 Å². The summed E-state index contributed by atoms with van der Waals surface area (Å²) in [5.74, 6) is 1.20. The third kappa shape index (κ3) is 5.80. The molecule has 0 bridgehead atoms. The minimum Gasteiger partial charge on any atom is -0.493 e. The van der Waals surface area contributed by atoms with Crippen molar-refractivity contribution in [3.63, 3.8) is 0 Å². The van der Waals surface area contributed by atoms with E-state index in [0.29, 0.717) is 29.4 Å². The highest BCUT2D eigenvalue weighted by Gasteiger charge is 2.31. The quantitative estimate of drug-likeness (QED) is 0.346. The molecule has 0 saturated carbocycles. The van der Waals surface area contributed by atoms with Crippen molar-refractivity contribution in [3.05, 3.63) is 88.5 Å². The molecule has 34 heavy (non-hydrogen) atoms. The summed E-state index contributed by atoms with van der Waals surface area (Å²) in [6.07, 6.45) is 0.705. The van der Waals surface area contributed by atoms with Crippen LogP contribution in [0.1, 0.15) is 48.1 Å². The number of hydrogen-bond acceptors (Lipinski definition) is 4. The van der Waals surface area contributed by atoms with Crippen LogP contribution in [0.4, 0.5) is 0 Å². The molecule has 0 aliphatic carbocycles. The van der Waals surface area contributed by atoms with Crippen LogP contribution in [-0.4, -0.2) is 25.9 Å². The minimum absolute atomic E-state index is 0.166. The Morgan fingerprint density at radius 2 is 1.53 bits per heavy atom. The molecule has 0 radical (unpaired) electrons. The average molecular weight is 482 g/mol. The van der Waals surface area contributed by atoms with Crippen LogP contribution in [0.5, 0.6) is 11.5 Å². The van der Waals surface area contributed by atoms with Gasteiger partial charge in [-0.3, -0.25) is 0 Å². The molecule has 0 fully saturated rings. The van der Waals surface area contributed by atoms with E-state index in [4.69, 9.17) is 9.47 Å². The molecule has 3 aromatic carbocycles. The monoisotopic (exact) mass is 481 g/mol. The van der Waals surface area contributed by atoms with Gasteiger partial charge in [0.25, 0.3) is 0 Å². The first-order valence-electron chi connectivity index (χ1n) is 11.6. The standard InChI is InChI=1S/C28H35NO4S/c1-7-23(5)29(34(30,31)28-21(3)15-20(2)16-22(28)4)18-25-13-14-26(32-6)27(17-25)33-19-24-11-9-8-10-12-24/h8-17,23H,7,18-19H2,1-6H3. The molecule has 1 unspecified atom stereocenters. The smallest absolute Gasteiger partial charge is 0.244 e. The van der Waals surface area contributed by atoms with Crippen LogP contribution in [0.25, 0.3) is 0 Å². The molecule has 182 valence electrons. The predicted molar refractivity (Wildman–Crippen MR) is 137 cm³/mol. The van der Waals surface area contributed by atoms with E-state index in [1.54, 1.807) is 11.4 Å². The zero-order valence-corrected chi connectivity index (χ0v) is 21.8. The van der Waals surface area contributed by atoms with E-state index in [1.165, 1.54) is 0 Å². The van der Waals surface area contributed by atoms with Crippen molar-refractivity contribution < 1.29 is 17.9 Å². The van der Waals surface area contributed by atoms with Crippen LogP contribution in [0.15, 0.2) is 65.6 Å². The van der Waals surface area contributed by atoms with Crippen LogP contribution in [-0.2, 0) is 23.2 Å². The molecule has 0 N–H and O–H groups in total. The molecule has 3 aromatic rings. The fourth-order valence-electron chi connectivity index (χ4n) is 4.22. The Balaban J connectivity index is 1.95. The molecule has 0 aromatic heterocycles. The fraction of sp³-hybridized carbons (Fsp3) is 0.357. The molecule has 0 spiro atoms. The molecular weight excluding hydrogens is 446 g/mol. The van der Waals surface area contributed by atoms with Crippen molar-refractivity contribution in [2.24, 2.45) is 0 Å². The number of hydrogen-bond donors (Lipinski definition) is 0.